The van der Waals surface area contributed by atoms with Gasteiger partial charge < -0.3 is 24.0 Å². The zero-order valence-corrected chi connectivity index (χ0v) is 26.9. The number of hydrogen-bond acceptors (Lipinski definition) is 9. The van der Waals surface area contributed by atoms with Gasteiger partial charge in [-0.1, -0.05) is 24.3 Å². The normalized spacial score (nSPS) is 15.2. The Morgan fingerprint density at radius 1 is 0.932 bits per heavy atom. The van der Waals surface area contributed by atoms with E-state index in [1.54, 1.807) is 6.07 Å². The Bertz CT molecular complexity index is 1700. The zero-order chi connectivity index (χ0) is 31.3. The number of hydrogen-bond donors (Lipinski definition) is 0. The first-order chi connectivity index (χ1) is 21.1. The van der Waals surface area contributed by atoms with E-state index in [1.807, 2.05) is 76.4 Å². The van der Waals surface area contributed by atoms with E-state index in [0.717, 1.165) is 52.8 Å². The van der Waals surface area contributed by atoms with Crippen molar-refractivity contribution in [1.82, 2.24) is 4.98 Å². The van der Waals surface area contributed by atoms with E-state index >= 15 is 0 Å². The van der Waals surface area contributed by atoms with E-state index < -0.39 is 16.4 Å². The molecule has 0 amide bonds. The van der Waals surface area contributed by atoms with Crippen LogP contribution in [0.2, 0.25) is 0 Å². The van der Waals surface area contributed by atoms with Crippen molar-refractivity contribution in [2.24, 2.45) is 0 Å². The van der Waals surface area contributed by atoms with Crippen molar-refractivity contribution in [2.75, 3.05) is 57.8 Å². The van der Waals surface area contributed by atoms with E-state index in [-0.39, 0.29) is 23.9 Å². The molecule has 1 aliphatic rings. The Balaban J connectivity index is 1.24. The molecule has 1 aliphatic heterocycles. The number of anilines is 2. The van der Waals surface area contributed by atoms with Gasteiger partial charge in [0.1, 0.15) is 16.4 Å². The minimum absolute atomic E-state index is 0.0102. The molecular formula is C34H41N3O6S. The summed E-state index contributed by atoms with van der Waals surface area (Å²) in [5.74, 6) is 0.964. The number of nitrogens with zero attached hydrogens (tertiary/aromatic N) is 3. The third kappa shape index (κ3) is 7.43. The zero-order valence-electron chi connectivity index (χ0n) is 26.1. The molecule has 1 fully saturated rings. The lowest BCUT2D eigenvalue weighted by atomic mass is 10.1. The molecule has 0 N–H and O–H groups in total. The van der Waals surface area contributed by atoms with E-state index in [2.05, 4.69) is 23.1 Å². The molecule has 9 nitrogen and oxygen atoms in total. The number of aryl methyl sites for hydroxylation is 1. The van der Waals surface area contributed by atoms with Gasteiger partial charge in [-0.15, -0.1) is 0 Å². The molecule has 1 aromatic heterocycles. The van der Waals surface area contributed by atoms with Gasteiger partial charge in [0.15, 0.2) is 6.29 Å². The van der Waals surface area contributed by atoms with Crippen molar-refractivity contribution in [1.29, 1.82) is 0 Å². The van der Waals surface area contributed by atoms with Gasteiger partial charge in [-0.25, -0.2) is 4.98 Å². The Hall–Kier alpha value is -3.86. The fourth-order valence-corrected chi connectivity index (χ4v) is 6.24. The fourth-order valence-electron chi connectivity index (χ4n) is 5.09. The second-order valence-corrected chi connectivity index (χ2v) is 12.9. The van der Waals surface area contributed by atoms with Crippen LogP contribution in [0.3, 0.4) is 0 Å². The van der Waals surface area contributed by atoms with Crippen LogP contribution in [-0.2, 0) is 19.0 Å². The molecule has 0 saturated carbocycles. The smallest absolute Gasteiger partial charge is 0.300 e. The monoisotopic (exact) mass is 619 g/mol. The van der Waals surface area contributed by atoms with E-state index in [4.69, 9.17) is 23.4 Å². The van der Waals surface area contributed by atoms with Gasteiger partial charge in [-0.2, -0.15) is 8.42 Å². The number of aromatic nitrogens is 1. The number of para-hydroxylation sites is 1. The molecule has 0 radical (unpaired) electrons. The minimum Gasteiger partial charge on any atom is -0.491 e. The summed E-state index contributed by atoms with van der Waals surface area (Å²) in [6.07, 6.45) is 2.57. The molecule has 1 saturated heterocycles. The SMILES string of the molecule is Cc1cccc(S(=O)(=O)OCCCOc2cc(-c3ccc4cc(N(C)C)ccc4n3)ccc2N(C)C)c1OC1CCCCO1. The van der Waals surface area contributed by atoms with Gasteiger partial charge >= 0.3 is 10.1 Å². The van der Waals surface area contributed by atoms with Crippen LogP contribution >= 0.6 is 0 Å². The number of pyridine rings is 1. The molecule has 4 aromatic rings. The maximum atomic E-state index is 13.2. The molecule has 44 heavy (non-hydrogen) atoms. The Morgan fingerprint density at radius 3 is 2.52 bits per heavy atom. The van der Waals surface area contributed by atoms with Crippen molar-refractivity contribution in [3.63, 3.8) is 0 Å². The van der Waals surface area contributed by atoms with E-state index in [0.29, 0.717) is 24.3 Å². The number of fused-ring (bicyclic) bond motifs is 1. The first kappa shape index (κ1) is 31.6. The lowest BCUT2D eigenvalue weighted by Crippen LogP contribution is -2.26. The molecule has 1 unspecified atom stereocenters. The molecule has 10 heteroatoms. The van der Waals surface area contributed by atoms with Gasteiger partial charge in [0.05, 0.1) is 36.7 Å². The number of ether oxygens (including phenoxy) is 3. The number of benzene rings is 3. The van der Waals surface area contributed by atoms with Crippen LogP contribution in [-0.4, -0.2) is 67.7 Å². The summed E-state index contributed by atoms with van der Waals surface area (Å²) in [6.45, 7) is 2.65. The summed E-state index contributed by atoms with van der Waals surface area (Å²) in [7, 11) is 3.89. The molecule has 234 valence electrons. The maximum absolute atomic E-state index is 13.2. The summed E-state index contributed by atoms with van der Waals surface area (Å²) in [4.78, 5) is 8.94. The lowest BCUT2D eigenvalue weighted by molar-refractivity contribution is -0.107. The highest BCUT2D eigenvalue weighted by Crippen LogP contribution is 2.34. The summed E-state index contributed by atoms with van der Waals surface area (Å²) in [5, 5.41) is 1.07. The van der Waals surface area contributed by atoms with Crippen molar-refractivity contribution in [3.8, 4) is 22.8 Å². The van der Waals surface area contributed by atoms with Gasteiger partial charge in [-0.3, -0.25) is 4.18 Å². The second-order valence-electron chi connectivity index (χ2n) is 11.3. The van der Waals surface area contributed by atoms with Crippen LogP contribution in [0.25, 0.3) is 22.2 Å². The van der Waals surface area contributed by atoms with Gasteiger partial charge in [-0.05, 0) is 67.8 Å². The molecule has 0 spiro atoms. The molecule has 1 atom stereocenters. The largest absolute Gasteiger partial charge is 0.491 e. The topological polar surface area (TPSA) is 90.4 Å². The first-order valence-corrected chi connectivity index (χ1v) is 16.3. The molecule has 3 aromatic carbocycles. The Morgan fingerprint density at radius 2 is 1.77 bits per heavy atom. The van der Waals surface area contributed by atoms with Crippen LogP contribution in [0.4, 0.5) is 11.4 Å². The maximum Gasteiger partial charge on any atom is 0.300 e. The van der Waals surface area contributed by atoms with Gasteiger partial charge in [0.25, 0.3) is 0 Å². The molecular weight excluding hydrogens is 578 g/mol. The summed E-state index contributed by atoms with van der Waals surface area (Å²) in [6, 6.07) is 21.3. The van der Waals surface area contributed by atoms with Crippen LogP contribution in [0.1, 0.15) is 31.2 Å². The van der Waals surface area contributed by atoms with Gasteiger partial charge in [0.2, 0.25) is 0 Å². The third-order valence-electron chi connectivity index (χ3n) is 7.54. The summed E-state index contributed by atoms with van der Waals surface area (Å²) >= 11 is 0. The van der Waals surface area contributed by atoms with E-state index in [9.17, 15) is 8.42 Å². The average Bonchev–Trinajstić information content (AvgIpc) is 3.01. The Labute approximate surface area is 260 Å². The van der Waals surface area contributed by atoms with Gasteiger partial charge in [0, 0.05) is 57.7 Å². The molecule has 5 rings (SSSR count). The third-order valence-corrected chi connectivity index (χ3v) is 8.88. The van der Waals surface area contributed by atoms with Crippen molar-refractivity contribution in [2.45, 2.75) is 43.8 Å². The van der Waals surface area contributed by atoms with Crippen LogP contribution in [0, 0.1) is 6.92 Å². The highest BCUT2D eigenvalue weighted by atomic mass is 32.2. The minimum atomic E-state index is -4.05. The van der Waals surface area contributed by atoms with Crippen molar-refractivity contribution in [3.05, 3.63) is 72.3 Å². The molecule has 0 aliphatic carbocycles. The molecule has 0 bridgehead atoms. The van der Waals surface area contributed by atoms with Crippen LogP contribution in [0.15, 0.2) is 71.6 Å². The lowest BCUT2D eigenvalue weighted by Gasteiger charge is -2.25. The van der Waals surface area contributed by atoms with Crippen LogP contribution < -0.4 is 19.3 Å². The number of rotatable bonds is 12. The predicted molar refractivity (Wildman–Crippen MR) is 174 cm³/mol. The second kappa shape index (κ2) is 13.8. The fraction of sp³-hybridized carbons (Fsp3) is 0.382. The Kier molecular flexibility index (Phi) is 9.93. The highest BCUT2D eigenvalue weighted by Gasteiger charge is 2.25. The average molecular weight is 620 g/mol. The van der Waals surface area contributed by atoms with E-state index in [1.165, 1.54) is 6.07 Å². The van der Waals surface area contributed by atoms with Crippen molar-refractivity contribution < 1.29 is 26.8 Å². The summed E-state index contributed by atoms with van der Waals surface area (Å²) < 4.78 is 49.6. The standard InChI is InChI=1S/C34H41N3O6S/c1-24-10-8-11-32(34(24)43-33-12-6-7-19-41-33)44(38,39)42-21-9-20-40-31-23-26(14-18-30(31)37(4)5)28-16-13-25-22-27(36(2)3)15-17-29(25)35-28/h8,10-11,13-18,22-23,33H,6-7,9,12,19-21H2,1-5H3. The van der Waals surface area contributed by atoms with Crippen molar-refractivity contribution >= 4 is 32.4 Å². The highest BCUT2D eigenvalue weighted by molar-refractivity contribution is 7.86. The van der Waals surface area contributed by atoms with Crippen LogP contribution in [0.5, 0.6) is 11.5 Å². The predicted octanol–water partition coefficient (Wildman–Crippen LogP) is 6.42. The summed E-state index contributed by atoms with van der Waals surface area (Å²) in [5.41, 5.74) is 5.43. The quantitative estimate of drug-likeness (QED) is 0.132. The first-order valence-electron chi connectivity index (χ1n) is 14.9. The molecule has 2 heterocycles.